The van der Waals surface area contributed by atoms with Gasteiger partial charge >= 0.3 is 6.18 Å². The van der Waals surface area contributed by atoms with Crippen molar-refractivity contribution in [2.45, 2.75) is 31.4 Å². The Balaban J connectivity index is 1.66. The quantitative estimate of drug-likeness (QED) is 0.135. The lowest BCUT2D eigenvalue weighted by Crippen LogP contribution is -2.26. The molecule has 0 radical (unpaired) electrons. The van der Waals surface area contributed by atoms with Gasteiger partial charge in [-0.2, -0.15) is 13.2 Å². The van der Waals surface area contributed by atoms with E-state index in [-0.39, 0.29) is 23.5 Å². The summed E-state index contributed by atoms with van der Waals surface area (Å²) < 4.78 is 40.7. The predicted octanol–water partition coefficient (Wildman–Crippen LogP) is 8.47. The summed E-state index contributed by atoms with van der Waals surface area (Å²) in [6, 6.07) is 25.0. The maximum atomic E-state index is 13.7. The number of hydrogen-bond donors (Lipinski definition) is 0. The Morgan fingerprint density at radius 2 is 1.49 bits per heavy atom. The van der Waals surface area contributed by atoms with E-state index in [0.29, 0.717) is 11.1 Å². The Bertz CT molecular complexity index is 1810. The molecule has 2 atom stereocenters. The average molecular weight is 526 g/mol. The molecule has 5 aromatic carbocycles. The van der Waals surface area contributed by atoms with Gasteiger partial charge in [-0.05, 0) is 62.4 Å². The van der Waals surface area contributed by atoms with Crippen LogP contribution in [0.1, 0.15) is 51.6 Å². The summed E-state index contributed by atoms with van der Waals surface area (Å²) in [5.41, 5.74) is 2.50. The lowest BCUT2D eigenvalue weighted by molar-refractivity contribution is -0.384. The Kier molecular flexibility index (Phi) is 5.75. The molecule has 0 amide bonds. The number of benzene rings is 5. The Hall–Kier alpha value is -4.52. The van der Waals surface area contributed by atoms with E-state index in [2.05, 4.69) is 6.07 Å². The number of nitro benzene ring substituents is 1. The summed E-state index contributed by atoms with van der Waals surface area (Å²) in [6.45, 7) is 2.00. The number of carbonyl (C=O) groups is 1. The van der Waals surface area contributed by atoms with Crippen LogP contribution in [0.25, 0.3) is 21.5 Å². The molecule has 6 rings (SSSR count). The molecule has 7 heteroatoms. The summed E-state index contributed by atoms with van der Waals surface area (Å²) in [5.74, 6) is -1.60. The van der Waals surface area contributed by atoms with Crippen molar-refractivity contribution in [3.8, 4) is 0 Å². The number of fused-ring (bicyclic) bond motifs is 5. The molecule has 4 nitrogen and oxygen atoms in total. The molecule has 0 aromatic heterocycles. The van der Waals surface area contributed by atoms with Gasteiger partial charge in [0.25, 0.3) is 5.69 Å². The molecule has 194 valence electrons. The lowest BCUT2D eigenvalue weighted by Gasteiger charge is -2.33. The van der Waals surface area contributed by atoms with Crippen LogP contribution in [0.3, 0.4) is 0 Å². The highest BCUT2D eigenvalue weighted by Crippen LogP contribution is 2.48. The van der Waals surface area contributed by atoms with Crippen molar-refractivity contribution in [2.24, 2.45) is 0 Å². The first kappa shape index (κ1) is 24.8. The minimum atomic E-state index is -4.54. The molecule has 39 heavy (non-hydrogen) atoms. The number of non-ortho nitro benzene ring substituents is 1. The van der Waals surface area contributed by atoms with Crippen molar-refractivity contribution >= 4 is 33.0 Å². The van der Waals surface area contributed by atoms with Gasteiger partial charge in [-0.1, -0.05) is 72.8 Å². The third kappa shape index (κ3) is 4.14. The maximum Gasteiger partial charge on any atom is 0.416 e. The van der Waals surface area contributed by atoms with Gasteiger partial charge in [-0.3, -0.25) is 14.9 Å². The summed E-state index contributed by atoms with van der Waals surface area (Å²) in [7, 11) is 0. The molecule has 5 aromatic rings. The number of nitrogens with zero attached hydrogens (tertiary/aromatic N) is 1. The van der Waals surface area contributed by atoms with Crippen molar-refractivity contribution < 1.29 is 22.9 Å². The average Bonchev–Trinajstić information content (AvgIpc) is 2.92. The van der Waals surface area contributed by atoms with Crippen LogP contribution in [0.5, 0.6) is 0 Å². The summed E-state index contributed by atoms with van der Waals surface area (Å²) >= 11 is 0. The smallest absolute Gasteiger partial charge is 0.299 e. The zero-order chi connectivity index (χ0) is 27.5. The second kappa shape index (κ2) is 9.05. The van der Waals surface area contributed by atoms with Gasteiger partial charge in [0.2, 0.25) is 0 Å². The van der Waals surface area contributed by atoms with Crippen LogP contribution < -0.4 is 0 Å². The molecule has 0 aliphatic heterocycles. The lowest BCUT2D eigenvalue weighted by atomic mass is 9.69. The zero-order valence-corrected chi connectivity index (χ0v) is 20.8. The number of nitro groups is 1. The highest BCUT2D eigenvalue weighted by atomic mass is 19.4. The highest BCUT2D eigenvalue weighted by molar-refractivity contribution is 6.11. The van der Waals surface area contributed by atoms with Gasteiger partial charge in [0.05, 0.1) is 16.4 Å². The Morgan fingerprint density at radius 1 is 0.795 bits per heavy atom. The number of Topliss-reactive ketones (excluding diaryl/α,β-unsaturated/α-hetero) is 1. The van der Waals surface area contributed by atoms with E-state index in [4.69, 9.17) is 0 Å². The fourth-order valence-electron chi connectivity index (χ4n) is 6.03. The predicted molar refractivity (Wildman–Crippen MR) is 144 cm³/mol. The van der Waals surface area contributed by atoms with Crippen molar-refractivity contribution in [1.82, 2.24) is 0 Å². The second-order valence-electron chi connectivity index (χ2n) is 10.0. The SMILES string of the molecule is Cc1cc2c3c(ccc2c2ccccc12)C(c1cccc(C(F)(F)F)c1)C(=O)CC3c1cccc([N+](=O)[O-])c1. The topological polar surface area (TPSA) is 60.2 Å². The van der Waals surface area contributed by atoms with Gasteiger partial charge in [0.1, 0.15) is 5.78 Å². The van der Waals surface area contributed by atoms with Crippen LogP contribution in [0, 0.1) is 17.0 Å². The second-order valence-corrected chi connectivity index (χ2v) is 10.0. The molecule has 0 saturated heterocycles. The first-order valence-electron chi connectivity index (χ1n) is 12.5. The van der Waals surface area contributed by atoms with Crippen molar-refractivity contribution in [1.29, 1.82) is 0 Å². The van der Waals surface area contributed by atoms with E-state index >= 15 is 0 Å². The van der Waals surface area contributed by atoms with Crippen molar-refractivity contribution in [3.63, 3.8) is 0 Å². The van der Waals surface area contributed by atoms with Gasteiger partial charge < -0.3 is 0 Å². The fraction of sp³-hybridized carbons (Fsp3) is 0.156. The third-order valence-electron chi connectivity index (χ3n) is 7.74. The molecule has 0 bridgehead atoms. The van der Waals surface area contributed by atoms with Crippen LogP contribution in [0.2, 0.25) is 0 Å². The van der Waals surface area contributed by atoms with E-state index < -0.39 is 28.5 Å². The summed E-state index contributed by atoms with van der Waals surface area (Å²) in [5, 5.41) is 15.5. The monoisotopic (exact) mass is 525 g/mol. The number of rotatable bonds is 3. The number of carbonyl (C=O) groups excluding carboxylic acids is 1. The van der Waals surface area contributed by atoms with E-state index in [1.807, 2.05) is 43.3 Å². The van der Waals surface area contributed by atoms with Crippen LogP contribution >= 0.6 is 0 Å². The van der Waals surface area contributed by atoms with E-state index in [0.717, 1.165) is 44.8 Å². The minimum Gasteiger partial charge on any atom is -0.299 e. The van der Waals surface area contributed by atoms with Crippen molar-refractivity contribution in [3.05, 3.63) is 134 Å². The van der Waals surface area contributed by atoms with Crippen LogP contribution in [-0.2, 0) is 11.0 Å². The number of halogens is 3. The first-order valence-corrected chi connectivity index (χ1v) is 12.5. The van der Waals surface area contributed by atoms with Crippen molar-refractivity contribution in [2.75, 3.05) is 0 Å². The minimum absolute atomic E-state index is 0.0140. The summed E-state index contributed by atoms with van der Waals surface area (Å²) in [6.07, 6.45) is -4.53. The number of aryl methyl sites for hydroxylation is 1. The Morgan fingerprint density at radius 3 is 2.23 bits per heavy atom. The zero-order valence-electron chi connectivity index (χ0n) is 20.8. The summed E-state index contributed by atoms with van der Waals surface area (Å²) in [4.78, 5) is 24.8. The van der Waals surface area contributed by atoms with E-state index in [9.17, 15) is 28.1 Å². The molecule has 0 saturated carbocycles. The Labute approximate surface area is 221 Å². The van der Waals surface area contributed by atoms with E-state index in [1.54, 1.807) is 18.2 Å². The van der Waals surface area contributed by atoms with Crippen LogP contribution in [-0.4, -0.2) is 10.7 Å². The largest absolute Gasteiger partial charge is 0.416 e. The fourth-order valence-corrected chi connectivity index (χ4v) is 6.03. The van der Waals surface area contributed by atoms with Gasteiger partial charge in [0, 0.05) is 24.5 Å². The van der Waals surface area contributed by atoms with Gasteiger partial charge in [0.15, 0.2) is 0 Å². The van der Waals surface area contributed by atoms with Gasteiger partial charge in [-0.15, -0.1) is 0 Å². The first-order chi connectivity index (χ1) is 18.6. The van der Waals surface area contributed by atoms with Crippen LogP contribution in [0.15, 0.2) is 91.0 Å². The van der Waals surface area contributed by atoms with E-state index in [1.165, 1.54) is 18.2 Å². The molecular formula is C32H22F3NO3. The molecule has 2 unspecified atom stereocenters. The normalized spacial score (nSPS) is 17.4. The number of ketones is 1. The molecule has 0 N–H and O–H groups in total. The molecule has 0 heterocycles. The molecule has 0 fully saturated rings. The number of alkyl halides is 3. The van der Waals surface area contributed by atoms with Gasteiger partial charge in [-0.25, -0.2) is 0 Å². The molecule has 1 aliphatic carbocycles. The standard InChI is InChI=1S/C32H22F3NO3/c1-18-14-28-25(24-11-3-2-10-23(18)24)12-13-26-30(20-7-4-8-21(15-20)32(33,34)35)29(37)17-27(31(26)28)19-6-5-9-22(16-19)36(38)39/h2-16,27,30H,17H2,1H3. The highest BCUT2D eigenvalue weighted by Gasteiger charge is 2.38. The molecular weight excluding hydrogens is 503 g/mol. The maximum absolute atomic E-state index is 13.7. The third-order valence-corrected chi connectivity index (χ3v) is 7.74. The molecule has 1 aliphatic rings. The van der Waals surface area contributed by atoms with Crippen LogP contribution in [0.4, 0.5) is 18.9 Å². The molecule has 0 spiro atoms. The number of hydrogen-bond acceptors (Lipinski definition) is 3.